The van der Waals surface area contributed by atoms with E-state index in [4.69, 9.17) is 21.7 Å². The average Bonchev–Trinajstić information content (AvgIpc) is 3.06. The summed E-state index contributed by atoms with van der Waals surface area (Å²) in [4.78, 5) is 26.5. The first-order valence-electron chi connectivity index (χ1n) is 11.2. The summed E-state index contributed by atoms with van der Waals surface area (Å²) in [7, 11) is 0. The van der Waals surface area contributed by atoms with E-state index in [1.807, 2.05) is 42.5 Å². The zero-order chi connectivity index (χ0) is 23.6. The number of nitrogens with zero attached hydrogens (tertiary/aromatic N) is 1. The third-order valence-corrected chi connectivity index (χ3v) is 6.63. The van der Waals surface area contributed by atoms with Crippen LogP contribution in [0.15, 0.2) is 53.4 Å². The molecule has 0 aliphatic carbocycles. The Balaban J connectivity index is 1.53. The Morgan fingerprint density at radius 1 is 1.12 bits per heavy atom. The largest absolute Gasteiger partial charge is 0.489 e. The van der Waals surface area contributed by atoms with Crippen molar-refractivity contribution in [2.45, 2.75) is 46.1 Å². The Labute approximate surface area is 205 Å². The molecular formula is C26H29NO4S2. The van der Waals surface area contributed by atoms with Crippen LogP contribution in [0.25, 0.3) is 6.08 Å². The van der Waals surface area contributed by atoms with Crippen LogP contribution < -0.4 is 4.74 Å². The number of unbranched alkanes of at least 4 members (excludes halogenated alkanes) is 2. The SMILES string of the molecule is CCOC(=O)CCCCCN1C(=O)/C(=C\c2cccc(OCc3ccccc3C)c2)SC1=S. The topological polar surface area (TPSA) is 55.8 Å². The van der Waals surface area contributed by atoms with Gasteiger partial charge in [0.05, 0.1) is 11.5 Å². The molecular weight excluding hydrogens is 454 g/mol. The molecule has 0 N–H and O–H groups in total. The number of esters is 1. The van der Waals surface area contributed by atoms with Crippen molar-refractivity contribution >= 4 is 46.3 Å². The smallest absolute Gasteiger partial charge is 0.305 e. The van der Waals surface area contributed by atoms with Gasteiger partial charge in [0.15, 0.2) is 0 Å². The quantitative estimate of drug-likeness (QED) is 0.172. The average molecular weight is 484 g/mol. The van der Waals surface area contributed by atoms with E-state index >= 15 is 0 Å². The van der Waals surface area contributed by atoms with Crippen LogP contribution in [-0.2, 0) is 20.9 Å². The minimum atomic E-state index is -0.170. The van der Waals surface area contributed by atoms with E-state index in [0.29, 0.717) is 35.4 Å². The predicted molar refractivity (Wildman–Crippen MR) is 137 cm³/mol. The summed E-state index contributed by atoms with van der Waals surface area (Å²) in [6.07, 6.45) is 4.66. The van der Waals surface area contributed by atoms with Crippen molar-refractivity contribution < 1.29 is 19.1 Å². The van der Waals surface area contributed by atoms with Crippen LogP contribution in [0.3, 0.4) is 0 Å². The van der Waals surface area contributed by atoms with Crippen molar-refractivity contribution in [3.05, 3.63) is 70.1 Å². The lowest BCUT2D eigenvalue weighted by atomic mass is 10.1. The normalized spacial score (nSPS) is 14.7. The minimum absolute atomic E-state index is 0.0679. The van der Waals surface area contributed by atoms with E-state index in [0.717, 1.165) is 36.1 Å². The Morgan fingerprint density at radius 2 is 1.94 bits per heavy atom. The standard InChI is InChI=1S/C26H29NO4S2/c1-3-30-24(28)14-5-4-8-15-27-25(29)23(33-26(27)32)17-20-11-9-13-22(16-20)31-18-21-12-7-6-10-19(21)2/h6-7,9-13,16-17H,3-5,8,14-15,18H2,1-2H3/b23-17+. The summed E-state index contributed by atoms with van der Waals surface area (Å²) in [6.45, 7) is 5.33. The fraction of sp³-hybridized carbons (Fsp3) is 0.346. The Bertz CT molecular complexity index is 1030. The van der Waals surface area contributed by atoms with Gasteiger partial charge in [-0.05, 0) is 61.6 Å². The molecule has 1 amide bonds. The number of thiocarbonyl (C=S) groups is 1. The van der Waals surface area contributed by atoms with E-state index in [1.54, 1.807) is 11.8 Å². The number of hydrogen-bond acceptors (Lipinski definition) is 6. The van der Waals surface area contributed by atoms with Crippen LogP contribution >= 0.6 is 24.0 Å². The monoisotopic (exact) mass is 483 g/mol. The number of thioether (sulfide) groups is 1. The van der Waals surface area contributed by atoms with Crippen LogP contribution in [-0.4, -0.2) is 34.2 Å². The summed E-state index contributed by atoms with van der Waals surface area (Å²) in [6, 6.07) is 15.9. The molecule has 2 aromatic carbocycles. The van der Waals surface area contributed by atoms with E-state index in [9.17, 15) is 9.59 Å². The second kappa shape index (κ2) is 12.6. The first-order valence-corrected chi connectivity index (χ1v) is 12.4. The molecule has 0 spiro atoms. The lowest BCUT2D eigenvalue weighted by Crippen LogP contribution is -2.29. The van der Waals surface area contributed by atoms with Crippen molar-refractivity contribution in [3.8, 4) is 5.75 Å². The fourth-order valence-electron chi connectivity index (χ4n) is 3.42. The minimum Gasteiger partial charge on any atom is -0.489 e. The molecule has 1 fully saturated rings. The highest BCUT2D eigenvalue weighted by molar-refractivity contribution is 8.26. The first kappa shape index (κ1) is 25.0. The maximum Gasteiger partial charge on any atom is 0.305 e. The maximum atomic E-state index is 12.9. The van der Waals surface area contributed by atoms with Gasteiger partial charge in [0.2, 0.25) is 0 Å². The molecule has 0 unspecified atom stereocenters. The van der Waals surface area contributed by atoms with Crippen molar-refractivity contribution in [1.82, 2.24) is 4.90 Å². The van der Waals surface area contributed by atoms with Gasteiger partial charge in [0.1, 0.15) is 16.7 Å². The molecule has 0 aromatic heterocycles. The molecule has 33 heavy (non-hydrogen) atoms. The van der Waals surface area contributed by atoms with Gasteiger partial charge in [-0.1, -0.05) is 66.8 Å². The Hall–Kier alpha value is -2.64. The van der Waals surface area contributed by atoms with Crippen LogP contribution in [0.1, 0.15) is 49.3 Å². The number of aryl methyl sites for hydroxylation is 1. The van der Waals surface area contributed by atoms with Gasteiger partial charge >= 0.3 is 5.97 Å². The van der Waals surface area contributed by atoms with Crippen LogP contribution in [0.4, 0.5) is 0 Å². The zero-order valence-electron chi connectivity index (χ0n) is 19.0. The van der Waals surface area contributed by atoms with Gasteiger partial charge in [-0.3, -0.25) is 14.5 Å². The molecule has 1 aliphatic rings. The number of benzene rings is 2. The molecule has 2 aromatic rings. The summed E-state index contributed by atoms with van der Waals surface area (Å²) < 4.78 is 11.5. The van der Waals surface area contributed by atoms with Gasteiger partial charge in [0.25, 0.3) is 5.91 Å². The zero-order valence-corrected chi connectivity index (χ0v) is 20.7. The molecule has 0 bridgehead atoms. The highest BCUT2D eigenvalue weighted by Gasteiger charge is 2.31. The second-order valence-corrected chi connectivity index (χ2v) is 9.41. The van der Waals surface area contributed by atoms with E-state index < -0.39 is 0 Å². The van der Waals surface area contributed by atoms with Crippen LogP contribution in [0.5, 0.6) is 5.75 Å². The molecule has 174 valence electrons. The van der Waals surface area contributed by atoms with E-state index in [-0.39, 0.29) is 11.9 Å². The number of carbonyl (C=O) groups excluding carboxylic acids is 2. The third-order valence-electron chi connectivity index (χ3n) is 5.25. The van der Waals surface area contributed by atoms with E-state index in [1.165, 1.54) is 17.3 Å². The number of rotatable bonds is 11. The third kappa shape index (κ3) is 7.44. The molecule has 0 atom stereocenters. The van der Waals surface area contributed by atoms with Crippen molar-refractivity contribution in [1.29, 1.82) is 0 Å². The highest BCUT2D eigenvalue weighted by atomic mass is 32.2. The van der Waals surface area contributed by atoms with E-state index in [2.05, 4.69) is 19.1 Å². The molecule has 0 radical (unpaired) electrons. The predicted octanol–water partition coefficient (Wildman–Crippen LogP) is 5.90. The number of amides is 1. The number of carbonyl (C=O) groups is 2. The maximum absolute atomic E-state index is 12.9. The van der Waals surface area contributed by atoms with Crippen LogP contribution in [0, 0.1) is 6.92 Å². The highest BCUT2D eigenvalue weighted by Crippen LogP contribution is 2.33. The molecule has 7 heteroatoms. The molecule has 5 nitrogen and oxygen atoms in total. The molecule has 1 aliphatic heterocycles. The molecule has 1 heterocycles. The molecule has 3 rings (SSSR count). The van der Waals surface area contributed by atoms with Gasteiger partial charge < -0.3 is 9.47 Å². The Morgan fingerprint density at radius 3 is 2.73 bits per heavy atom. The number of hydrogen-bond donors (Lipinski definition) is 0. The van der Waals surface area contributed by atoms with Crippen molar-refractivity contribution in [3.63, 3.8) is 0 Å². The van der Waals surface area contributed by atoms with Gasteiger partial charge in [0, 0.05) is 13.0 Å². The van der Waals surface area contributed by atoms with Crippen LogP contribution in [0.2, 0.25) is 0 Å². The second-order valence-electron chi connectivity index (χ2n) is 7.74. The summed E-state index contributed by atoms with van der Waals surface area (Å²) >= 11 is 6.75. The lowest BCUT2D eigenvalue weighted by molar-refractivity contribution is -0.143. The van der Waals surface area contributed by atoms with Crippen molar-refractivity contribution in [2.24, 2.45) is 0 Å². The first-order chi connectivity index (χ1) is 16.0. The van der Waals surface area contributed by atoms with Gasteiger partial charge in [-0.25, -0.2) is 0 Å². The molecule has 1 saturated heterocycles. The lowest BCUT2D eigenvalue weighted by Gasteiger charge is -2.14. The summed E-state index contributed by atoms with van der Waals surface area (Å²) in [5.74, 6) is 0.516. The fourth-order valence-corrected chi connectivity index (χ4v) is 4.73. The number of ether oxygens (including phenoxy) is 2. The van der Waals surface area contributed by atoms with Gasteiger partial charge in [-0.15, -0.1) is 0 Å². The van der Waals surface area contributed by atoms with Crippen molar-refractivity contribution in [2.75, 3.05) is 13.2 Å². The summed E-state index contributed by atoms with van der Waals surface area (Å²) in [5, 5.41) is 0. The molecule has 0 saturated carbocycles. The van der Waals surface area contributed by atoms with Gasteiger partial charge in [-0.2, -0.15) is 0 Å². The Kier molecular flexibility index (Phi) is 9.51. The summed E-state index contributed by atoms with van der Waals surface area (Å²) in [5.41, 5.74) is 3.23.